The maximum Gasteiger partial charge on any atom is 0.243 e. The average molecular weight is 483 g/mol. The summed E-state index contributed by atoms with van der Waals surface area (Å²) in [6.07, 6.45) is 6.40. The number of nitrogens with zero attached hydrogens (tertiary/aromatic N) is 1. The fourth-order valence-electron chi connectivity index (χ4n) is 6.34. The first-order chi connectivity index (χ1) is 13.6. The van der Waals surface area contributed by atoms with E-state index in [1.807, 2.05) is 19.9 Å². The van der Waals surface area contributed by atoms with Gasteiger partial charge in [0.05, 0.1) is 10.3 Å². The summed E-state index contributed by atoms with van der Waals surface area (Å²) in [6.45, 7) is 6.33. The summed E-state index contributed by atoms with van der Waals surface area (Å²) < 4.78 is 27.6. The number of sulfonamides is 1. The van der Waals surface area contributed by atoms with Gasteiger partial charge in [0.2, 0.25) is 15.9 Å². The van der Waals surface area contributed by atoms with Gasteiger partial charge in [-0.2, -0.15) is 4.31 Å². The molecule has 29 heavy (non-hydrogen) atoms. The topological polar surface area (TPSA) is 66.5 Å². The highest BCUT2D eigenvalue weighted by Gasteiger charge is 2.59. The highest BCUT2D eigenvalue weighted by molar-refractivity contribution is 9.10. The molecule has 7 heteroatoms. The fraction of sp³-hybridized carbons (Fsp3) is 0.682. The van der Waals surface area contributed by atoms with Crippen LogP contribution in [0.25, 0.3) is 0 Å². The van der Waals surface area contributed by atoms with E-state index >= 15 is 0 Å². The van der Waals surface area contributed by atoms with E-state index < -0.39 is 10.0 Å². The van der Waals surface area contributed by atoms with Gasteiger partial charge in [-0.25, -0.2) is 8.42 Å². The van der Waals surface area contributed by atoms with Gasteiger partial charge in [-0.1, -0.05) is 35.8 Å². The minimum absolute atomic E-state index is 0.0606. The molecule has 0 aliphatic heterocycles. The van der Waals surface area contributed by atoms with Crippen molar-refractivity contribution in [3.05, 3.63) is 23.8 Å². The molecule has 4 bridgehead atoms. The van der Waals surface area contributed by atoms with E-state index in [4.69, 9.17) is 0 Å². The number of halogens is 1. The van der Waals surface area contributed by atoms with Crippen LogP contribution in [-0.2, 0) is 14.8 Å². The minimum atomic E-state index is -3.57. The molecule has 4 saturated carbocycles. The number of rotatable bonds is 6. The van der Waals surface area contributed by atoms with Gasteiger partial charge in [-0.15, -0.1) is 0 Å². The third kappa shape index (κ3) is 3.68. The second-order valence-electron chi connectivity index (χ2n) is 9.42. The van der Waals surface area contributed by atoms with Crippen LogP contribution in [0, 0.1) is 24.2 Å². The van der Waals surface area contributed by atoms with Crippen molar-refractivity contribution in [3.63, 3.8) is 0 Å². The molecule has 1 amide bonds. The third-order valence-corrected chi connectivity index (χ3v) is 10.4. The summed E-state index contributed by atoms with van der Waals surface area (Å²) in [5, 5.41) is 3.09. The van der Waals surface area contributed by atoms with E-state index in [1.54, 1.807) is 19.1 Å². The molecule has 0 aromatic heterocycles. The molecule has 0 heterocycles. The number of nitrogens with one attached hydrogen (secondary N) is 1. The van der Waals surface area contributed by atoms with E-state index in [0.29, 0.717) is 36.2 Å². The highest BCUT2D eigenvalue weighted by Crippen LogP contribution is 2.64. The molecule has 4 aliphatic rings. The van der Waals surface area contributed by atoms with Crippen molar-refractivity contribution in [1.82, 2.24) is 4.31 Å². The number of carbonyl (C=O) groups is 1. The van der Waals surface area contributed by atoms with E-state index in [9.17, 15) is 13.2 Å². The van der Waals surface area contributed by atoms with Gasteiger partial charge < -0.3 is 5.32 Å². The number of aryl methyl sites for hydroxylation is 1. The lowest BCUT2D eigenvalue weighted by atomic mass is 9.49. The SMILES string of the molecule is CCN(CC)S(=O)(=O)c1cc(NC(=O)C23C[C@H]4C[C@@H](CC(Br)(C4)C2)C3)ccc1C. The largest absolute Gasteiger partial charge is 0.326 e. The highest BCUT2D eigenvalue weighted by atomic mass is 79.9. The monoisotopic (exact) mass is 482 g/mol. The van der Waals surface area contributed by atoms with Crippen molar-refractivity contribution in [1.29, 1.82) is 0 Å². The van der Waals surface area contributed by atoms with Crippen LogP contribution in [0.1, 0.15) is 57.9 Å². The third-order valence-electron chi connectivity index (χ3n) is 7.24. The lowest BCUT2D eigenvalue weighted by Gasteiger charge is -2.59. The van der Waals surface area contributed by atoms with Crippen LogP contribution in [0.3, 0.4) is 0 Å². The van der Waals surface area contributed by atoms with Crippen molar-refractivity contribution in [2.75, 3.05) is 18.4 Å². The normalized spacial score (nSPS) is 33.3. The lowest BCUT2D eigenvalue weighted by Crippen LogP contribution is -2.57. The van der Waals surface area contributed by atoms with Gasteiger partial charge in [-0.05, 0) is 75.0 Å². The van der Waals surface area contributed by atoms with Crippen LogP contribution < -0.4 is 5.32 Å². The predicted molar refractivity (Wildman–Crippen MR) is 119 cm³/mol. The Morgan fingerprint density at radius 2 is 1.79 bits per heavy atom. The first kappa shape index (κ1) is 21.3. The fourth-order valence-corrected chi connectivity index (χ4v) is 9.50. The summed E-state index contributed by atoms with van der Waals surface area (Å²) in [5.41, 5.74) is 0.950. The molecule has 1 aromatic rings. The summed E-state index contributed by atoms with van der Waals surface area (Å²) >= 11 is 3.96. The molecular weight excluding hydrogens is 452 g/mol. The molecule has 1 aromatic carbocycles. The van der Waals surface area contributed by atoms with Crippen LogP contribution in [0.2, 0.25) is 0 Å². The molecular formula is C22H31BrN2O3S. The molecule has 0 spiro atoms. The van der Waals surface area contributed by atoms with Crippen LogP contribution in [-0.4, -0.2) is 36.0 Å². The zero-order valence-corrected chi connectivity index (χ0v) is 19.9. The molecule has 4 aliphatic carbocycles. The molecule has 0 radical (unpaired) electrons. The quantitative estimate of drug-likeness (QED) is 0.597. The minimum Gasteiger partial charge on any atom is -0.326 e. The van der Waals surface area contributed by atoms with Crippen molar-refractivity contribution in [2.45, 2.75) is 68.5 Å². The molecule has 0 saturated heterocycles. The maximum atomic E-state index is 13.4. The number of benzene rings is 1. The zero-order chi connectivity index (χ0) is 21.0. The molecule has 1 N–H and O–H groups in total. The Morgan fingerprint density at radius 3 is 2.34 bits per heavy atom. The molecule has 160 valence electrons. The molecule has 2 atom stereocenters. The van der Waals surface area contributed by atoms with E-state index in [0.717, 1.165) is 19.3 Å². The Balaban J connectivity index is 1.60. The zero-order valence-electron chi connectivity index (χ0n) is 17.5. The van der Waals surface area contributed by atoms with Crippen molar-refractivity contribution >= 4 is 37.5 Å². The number of anilines is 1. The second kappa shape index (κ2) is 7.34. The van der Waals surface area contributed by atoms with Gasteiger partial charge in [0.15, 0.2) is 0 Å². The number of carbonyl (C=O) groups excluding carboxylic acids is 1. The summed E-state index contributed by atoms with van der Waals surface area (Å²) in [4.78, 5) is 13.7. The predicted octanol–water partition coefficient (Wildman–Crippen LogP) is 4.70. The van der Waals surface area contributed by atoms with Gasteiger partial charge in [0, 0.05) is 23.1 Å². The van der Waals surface area contributed by atoms with Gasteiger partial charge in [0.1, 0.15) is 0 Å². The maximum absolute atomic E-state index is 13.4. The first-order valence-electron chi connectivity index (χ1n) is 10.7. The average Bonchev–Trinajstić information content (AvgIpc) is 2.62. The first-order valence-corrected chi connectivity index (χ1v) is 13.0. The lowest BCUT2D eigenvalue weighted by molar-refractivity contribution is -0.138. The Bertz CT molecular complexity index is 912. The van der Waals surface area contributed by atoms with E-state index in [2.05, 4.69) is 21.2 Å². The molecule has 4 fully saturated rings. The van der Waals surface area contributed by atoms with Crippen molar-refractivity contribution in [3.8, 4) is 0 Å². The summed E-state index contributed by atoms with van der Waals surface area (Å²) in [6, 6.07) is 5.24. The van der Waals surface area contributed by atoms with Gasteiger partial charge in [-0.3, -0.25) is 4.79 Å². The van der Waals surface area contributed by atoms with Crippen LogP contribution in [0.4, 0.5) is 5.69 Å². The van der Waals surface area contributed by atoms with E-state index in [1.165, 1.54) is 23.6 Å². The number of amides is 1. The number of alkyl halides is 1. The standard InChI is InChI=1S/C22H31BrN2O3S/c1-4-25(5-2)29(27,28)19-9-18(7-6-15(19)3)24-20(26)21-10-16-8-17(11-21)13-22(23,12-16)14-21/h6-7,9,16-17H,4-5,8,10-14H2,1-3H3,(H,24,26)/t16-,17-,21?,22?/m1/s1. The van der Waals surface area contributed by atoms with Crippen molar-refractivity contribution < 1.29 is 13.2 Å². The number of hydrogen-bond acceptors (Lipinski definition) is 3. The Morgan fingerprint density at radius 1 is 1.17 bits per heavy atom. The van der Waals surface area contributed by atoms with Crippen LogP contribution in [0.15, 0.2) is 23.1 Å². The van der Waals surface area contributed by atoms with Crippen molar-refractivity contribution in [2.24, 2.45) is 17.3 Å². The second-order valence-corrected chi connectivity index (χ2v) is 13.0. The number of hydrogen-bond donors (Lipinski definition) is 1. The Hall–Kier alpha value is -0.920. The summed E-state index contributed by atoms with van der Waals surface area (Å²) in [7, 11) is -3.57. The molecule has 5 rings (SSSR count). The molecule has 0 unspecified atom stereocenters. The Kier molecular flexibility index (Phi) is 5.40. The smallest absolute Gasteiger partial charge is 0.243 e. The van der Waals surface area contributed by atoms with Gasteiger partial charge in [0.25, 0.3) is 0 Å². The molecule has 5 nitrogen and oxygen atoms in total. The Labute approximate surface area is 182 Å². The van der Waals surface area contributed by atoms with Gasteiger partial charge >= 0.3 is 0 Å². The van der Waals surface area contributed by atoms with Crippen LogP contribution >= 0.6 is 15.9 Å². The van der Waals surface area contributed by atoms with E-state index in [-0.39, 0.29) is 20.5 Å². The summed E-state index contributed by atoms with van der Waals surface area (Å²) in [5.74, 6) is 1.31. The van der Waals surface area contributed by atoms with Crippen LogP contribution in [0.5, 0.6) is 0 Å².